The molecule has 0 atom stereocenters. The highest BCUT2D eigenvalue weighted by Gasteiger charge is 2.44. The first-order chi connectivity index (χ1) is 21.5. The van der Waals surface area contributed by atoms with Gasteiger partial charge in [0.1, 0.15) is 28.3 Å². The summed E-state index contributed by atoms with van der Waals surface area (Å²) >= 11 is 0. The second-order valence-electron chi connectivity index (χ2n) is 13.4. The van der Waals surface area contributed by atoms with E-state index in [-0.39, 0.29) is 55.7 Å². The van der Waals surface area contributed by atoms with Gasteiger partial charge in [-0.1, -0.05) is 12.0 Å². The van der Waals surface area contributed by atoms with Gasteiger partial charge in [-0.05, 0) is 68.8 Å². The van der Waals surface area contributed by atoms with Gasteiger partial charge < -0.3 is 29.5 Å². The topological polar surface area (TPSA) is 95.8 Å². The fourth-order valence-corrected chi connectivity index (χ4v) is 7.10. The number of benzene rings is 2. The van der Waals surface area contributed by atoms with Crippen molar-refractivity contribution in [3.05, 3.63) is 51.8 Å². The van der Waals surface area contributed by atoms with Crippen LogP contribution in [0.1, 0.15) is 31.2 Å². The quantitative estimate of drug-likeness (QED) is 0.302. The molecule has 9 nitrogen and oxygen atoms in total. The van der Waals surface area contributed by atoms with Crippen LogP contribution in [0.4, 0.5) is 14.6 Å². The van der Waals surface area contributed by atoms with Crippen molar-refractivity contribution in [3.8, 4) is 35.4 Å². The first kappa shape index (κ1) is 29.4. The normalized spacial score (nSPS) is 18.4. The number of hydrogen-bond acceptors (Lipinski definition) is 8. The molecule has 1 spiro atoms. The molecule has 4 heterocycles. The van der Waals surface area contributed by atoms with Crippen molar-refractivity contribution in [3.63, 3.8) is 0 Å². The highest BCUT2D eigenvalue weighted by molar-refractivity contribution is 6.03. The maximum Gasteiger partial charge on any atom is 0.319 e. The van der Waals surface area contributed by atoms with Gasteiger partial charge in [0, 0.05) is 56.1 Å². The Hall–Kier alpha value is -4.27. The summed E-state index contributed by atoms with van der Waals surface area (Å²) < 4.78 is 39.2. The standard InChI is InChI=1S/C34H36F2N6O3/c1-5-22-24(35)7-6-20-14-21(43)15-23(25(20)22)29-27(36)28-26(31(44)41(29)4)30(42-12-10-33(11-13-42)16-37-17-33)39-32(38-28)45-19-34(8-9-34)18-40(2)3/h1,6-7,14-15,37,43H,8-13,16-19H2,2-4H3. The lowest BCUT2D eigenvalue weighted by Gasteiger charge is -2.48. The minimum absolute atomic E-state index is 0.00218. The Balaban J connectivity index is 1.42. The molecule has 2 aliphatic heterocycles. The van der Waals surface area contributed by atoms with Gasteiger partial charge in [-0.15, -0.1) is 6.42 Å². The Morgan fingerprint density at radius 3 is 2.47 bits per heavy atom. The number of piperidine rings is 1. The SMILES string of the molecule is C#Cc1c(F)ccc2cc(O)cc(-c3c(F)c4nc(OCC5(CN(C)C)CC5)nc(N5CCC6(CC5)CNC6)c4c(=O)n3C)c12. The Bertz CT molecular complexity index is 1950. The third-order valence-electron chi connectivity index (χ3n) is 9.83. The number of nitrogens with zero attached hydrogens (tertiary/aromatic N) is 5. The number of aromatic hydroxyl groups is 1. The molecule has 3 fully saturated rings. The van der Waals surface area contributed by atoms with E-state index in [0.29, 0.717) is 30.9 Å². The van der Waals surface area contributed by atoms with E-state index in [2.05, 4.69) is 21.1 Å². The molecule has 11 heteroatoms. The van der Waals surface area contributed by atoms with Gasteiger partial charge in [-0.25, -0.2) is 8.78 Å². The molecular weight excluding hydrogens is 578 g/mol. The number of aromatic nitrogens is 3. The average molecular weight is 615 g/mol. The Labute approximate surface area is 259 Å². The highest BCUT2D eigenvalue weighted by atomic mass is 19.1. The third-order valence-corrected chi connectivity index (χ3v) is 9.83. The van der Waals surface area contributed by atoms with E-state index in [9.17, 15) is 14.3 Å². The number of halogens is 2. The van der Waals surface area contributed by atoms with Crippen molar-refractivity contribution in [2.45, 2.75) is 25.7 Å². The third kappa shape index (κ3) is 4.96. The van der Waals surface area contributed by atoms with Gasteiger partial charge in [0.2, 0.25) is 0 Å². The van der Waals surface area contributed by atoms with E-state index >= 15 is 4.39 Å². The Kier molecular flexibility index (Phi) is 6.98. The number of phenols is 1. The summed E-state index contributed by atoms with van der Waals surface area (Å²) in [7, 11) is 5.48. The van der Waals surface area contributed by atoms with Crippen LogP contribution in [0, 0.1) is 34.8 Å². The monoisotopic (exact) mass is 614 g/mol. The van der Waals surface area contributed by atoms with Crippen LogP contribution in [-0.2, 0) is 7.05 Å². The summed E-state index contributed by atoms with van der Waals surface area (Å²) in [6, 6.07) is 5.37. The van der Waals surface area contributed by atoms with Crippen molar-refractivity contribution >= 4 is 27.5 Å². The molecule has 3 aliphatic rings. The van der Waals surface area contributed by atoms with Crippen molar-refractivity contribution in [1.82, 2.24) is 24.8 Å². The van der Waals surface area contributed by atoms with Crippen LogP contribution in [0.25, 0.3) is 32.9 Å². The minimum Gasteiger partial charge on any atom is -0.508 e. The van der Waals surface area contributed by atoms with E-state index in [1.54, 1.807) is 0 Å². The van der Waals surface area contributed by atoms with E-state index in [1.165, 1.54) is 35.9 Å². The predicted molar refractivity (Wildman–Crippen MR) is 170 cm³/mol. The molecule has 234 valence electrons. The summed E-state index contributed by atoms with van der Waals surface area (Å²) in [4.78, 5) is 27.6. The van der Waals surface area contributed by atoms with Crippen LogP contribution in [0.3, 0.4) is 0 Å². The fraction of sp³-hybridized carbons (Fsp3) is 0.441. The molecule has 45 heavy (non-hydrogen) atoms. The van der Waals surface area contributed by atoms with E-state index < -0.39 is 17.2 Å². The molecule has 2 saturated heterocycles. The fourth-order valence-electron chi connectivity index (χ4n) is 7.10. The van der Waals surface area contributed by atoms with Gasteiger partial charge in [-0.2, -0.15) is 9.97 Å². The number of rotatable bonds is 7. The summed E-state index contributed by atoms with van der Waals surface area (Å²) in [5.41, 5.74) is -0.669. The number of anilines is 1. The molecular formula is C34H36F2N6O3. The first-order valence-corrected chi connectivity index (χ1v) is 15.3. The zero-order chi connectivity index (χ0) is 31.7. The van der Waals surface area contributed by atoms with E-state index in [0.717, 1.165) is 45.3 Å². The Morgan fingerprint density at radius 2 is 1.84 bits per heavy atom. The molecule has 1 aliphatic carbocycles. The van der Waals surface area contributed by atoms with Crippen molar-refractivity contribution in [2.24, 2.45) is 17.9 Å². The molecule has 4 aromatic rings. The number of ether oxygens (including phenoxy) is 1. The van der Waals surface area contributed by atoms with Gasteiger partial charge in [-0.3, -0.25) is 4.79 Å². The zero-order valence-corrected chi connectivity index (χ0v) is 25.7. The minimum atomic E-state index is -0.814. The molecule has 1 saturated carbocycles. The predicted octanol–water partition coefficient (Wildman–Crippen LogP) is 4.02. The molecule has 0 unspecified atom stereocenters. The molecule has 7 rings (SSSR count). The van der Waals surface area contributed by atoms with E-state index in [4.69, 9.17) is 16.1 Å². The maximum absolute atomic E-state index is 17.0. The van der Waals surface area contributed by atoms with Crippen LogP contribution >= 0.6 is 0 Å². The number of phenolic OH excluding ortho intramolecular Hbond substituents is 1. The van der Waals surface area contributed by atoms with Crippen LogP contribution in [-0.4, -0.2) is 78.0 Å². The van der Waals surface area contributed by atoms with E-state index in [1.807, 2.05) is 19.0 Å². The smallest absolute Gasteiger partial charge is 0.319 e. The largest absolute Gasteiger partial charge is 0.508 e. The molecule has 0 radical (unpaired) electrons. The second kappa shape index (κ2) is 10.7. The van der Waals surface area contributed by atoms with Crippen molar-refractivity contribution in [1.29, 1.82) is 0 Å². The van der Waals surface area contributed by atoms with Crippen LogP contribution < -0.4 is 20.5 Å². The summed E-state index contributed by atoms with van der Waals surface area (Å²) in [5, 5.41) is 14.6. The van der Waals surface area contributed by atoms with Crippen LogP contribution in [0.2, 0.25) is 0 Å². The van der Waals surface area contributed by atoms with Crippen LogP contribution in [0.15, 0.2) is 29.1 Å². The lowest BCUT2D eigenvalue weighted by molar-refractivity contribution is 0.126. The Morgan fingerprint density at radius 1 is 1.11 bits per heavy atom. The lowest BCUT2D eigenvalue weighted by atomic mass is 9.73. The average Bonchev–Trinajstić information content (AvgIpc) is 3.76. The van der Waals surface area contributed by atoms with Gasteiger partial charge in [0.15, 0.2) is 5.82 Å². The number of terminal acetylenes is 1. The summed E-state index contributed by atoms with van der Waals surface area (Å²) in [6.45, 7) is 4.45. The molecule has 2 aromatic carbocycles. The van der Waals surface area contributed by atoms with Gasteiger partial charge in [0.05, 0.1) is 17.9 Å². The number of pyridine rings is 1. The zero-order valence-electron chi connectivity index (χ0n) is 25.7. The molecule has 0 amide bonds. The van der Waals surface area contributed by atoms with Gasteiger partial charge >= 0.3 is 6.01 Å². The summed E-state index contributed by atoms with van der Waals surface area (Å²) in [6.07, 6.45) is 9.55. The molecule has 2 aromatic heterocycles. The first-order valence-electron chi connectivity index (χ1n) is 15.3. The molecule has 2 N–H and O–H groups in total. The van der Waals surface area contributed by atoms with Crippen molar-refractivity contribution in [2.75, 3.05) is 58.3 Å². The van der Waals surface area contributed by atoms with Crippen LogP contribution in [0.5, 0.6) is 11.8 Å². The lowest BCUT2D eigenvalue weighted by Crippen LogP contribution is -2.58. The molecule has 0 bridgehead atoms. The summed E-state index contributed by atoms with van der Waals surface area (Å²) in [5.74, 6) is 1.04. The van der Waals surface area contributed by atoms with Crippen molar-refractivity contribution < 1.29 is 18.6 Å². The maximum atomic E-state index is 17.0. The highest BCUT2D eigenvalue weighted by Crippen LogP contribution is 2.46. The number of fused-ring (bicyclic) bond motifs is 2. The number of nitrogens with one attached hydrogen (secondary N) is 1. The van der Waals surface area contributed by atoms with Gasteiger partial charge in [0.25, 0.3) is 5.56 Å². The second-order valence-corrected chi connectivity index (χ2v) is 13.4. The number of hydrogen-bond donors (Lipinski definition) is 2.